The Morgan fingerprint density at radius 2 is 2.03 bits per heavy atom. The lowest BCUT2D eigenvalue weighted by atomic mass is 9.75. The molecule has 0 aliphatic carbocycles. The van der Waals surface area contributed by atoms with Gasteiger partial charge >= 0.3 is 6.03 Å². The van der Waals surface area contributed by atoms with Crippen molar-refractivity contribution in [1.82, 2.24) is 20.1 Å². The fourth-order valence-electron chi connectivity index (χ4n) is 4.92. The van der Waals surface area contributed by atoms with Gasteiger partial charge in [0.15, 0.2) is 0 Å². The molecular weight excluding hydrogens is 374 g/mol. The Hall–Kier alpha value is -2.44. The third kappa shape index (κ3) is 5.58. The summed E-state index contributed by atoms with van der Waals surface area (Å²) in [7, 11) is 2.23. The van der Waals surface area contributed by atoms with Gasteiger partial charge in [-0.2, -0.15) is 0 Å². The molecule has 0 spiro atoms. The summed E-state index contributed by atoms with van der Waals surface area (Å²) < 4.78 is 0. The number of nitrogens with one attached hydrogen (secondary N) is 2. The topological polar surface area (TPSA) is 60.5 Å². The lowest BCUT2D eigenvalue weighted by Gasteiger charge is -2.50. The van der Waals surface area contributed by atoms with Gasteiger partial charge in [0.25, 0.3) is 0 Å². The number of carbonyl (C=O) groups excluding carboxylic acids is 1. The number of fused-ring (bicyclic) bond motifs is 3. The SMILES string of the molecule is CN(CCc1ccccn1)CC1CN2CCC1CC2CNC(=O)Nc1ccccc1. The summed E-state index contributed by atoms with van der Waals surface area (Å²) in [6, 6.07) is 16.1. The average Bonchev–Trinajstić information content (AvgIpc) is 2.78. The van der Waals surface area contributed by atoms with Crippen LogP contribution >= 0.6 is 0 Å². The molecule has 3 saturated heterocycles. The number of likely N-dealkylation sites (N-methyl/N-ethyl adjacent to an activating group) is 1. The molecule has 3 fully saturated rings. The van der Waals surface area contributed by atoms with Gasteiger partial charge in [-0.25, -0.2) is 4.79 Å². The summed E-state index contributed by atoms with van der Waals surface area (Å²) >= 11 is 0. The molecule has 2 bridgehead atoms. The zero-order valence-electron chi connectivity index (χ0n) is 17.8. The summed E-state index contributed by atoms with van der Waals surface area (Å²) in [4.78, 5) is 21.7. The van der Waals surface area contributed by atoms with E-state index >= 15 is 0 Å². The van der Waals surface area contributed by atoms with Crippen molar-refractivity contribution < 1.29 is 4.79 Å². The zero-order chi connectivity index (χ0) is 20.8. The van der Waals surface area contributed by atoms with E-state index in [1.165, 1.54) is 12.8 Å². The van der Waals surface area contributed by atoms with Gasteiger partial charge in [-0.3, -0.25) is 9.88 Å². The van der Waals surface area contributed by atoms with Gasteiger partial charge in [0.05, 0.1) is 0 Å². The monoisotopic (exact) mass is 407 g/mol. The van der Waals surface area contributed by atoms with Gasteiger partial charge in [-0.1, -0.05) is 24.3 Å². The van der Waals surface area contributed by atoms with Crippen LogP contribution in [0.4, 0.5) is 10.5 Å². The highest BCUT2D eigenvalue weighted by molar-refractivity contribution is 5.89. The van der Waals surface area contributed by atoms with Gasteiger partial charge in [0.1, 0.15) is 0 Å². The molecule has 0 saturated carbocycles. The van der Waals surface area contributed by atoms with Crippen LogP contribution in [0, 0.1) is 11.8 Å². The summed E-state index contributed by atoms with van der Waals surface area (Å²) in [5.74, 6) is 1.48. The van der Waals surface area contributed by atoms with E-state index < -0.39 is 0 Å². The minimum Gasteiger partial charge on any atom is -0.336 e. The van der Waals surface area contributed by atoms with E-state index in [2.05, 4.69) is 44.6 Å². The normalized spacial score (nSPS) is 25.3. The predicted molar refractivity (Wildman–Crippen MR) is 120 cm³/mol. The Balaban J connectivity index is 1.20. The number of para-hydroxylation sites is 1. The first-order chi connectivity index (χ1) is 14.7. The molecule has 4 heterocycles. The first-order valence-electron chi connectivity index (χ1n) is 11.1. The maximum absolute atomic E-state index is 12.2. The molecule has 160 valence electrons. The van der Waals surface area contributed by atoms with Crippen LogP contribution in [0.5, 0.6) is 0 Å². The van der Waals surface area contributed by atoms with E-state index in [1.54, 1.807) is 0 Å². The largest absolute Gasteiger partial charge is 0.336 e. The third-order valence-corrected chi connectivity index (χ3v) is 6.57. The van der Waals surface area contributed by atoms with Crippen molar-refractivity contribution in [3.63, 3.8) is 0 Å². The molecule has 5 rings (SSSR count). The van der Waals surface area contributed by atoms with E-state index in [0.29, 0.717) is 6.04 Å². The number of aromatic nitrogens is 1. The molecule has 30 heavy (non-hydrogen) atoms. The number of rotatable bonds is 8. The molecule has 3 aliphatic heterocycles. The number of anilines is 1. The molecule has 6 nitrogen and oxygen atoms in total. The second kappa shape index (κ2) is 10.0. The number of hydrogen-bond donors (Lipinski definition) is 2. The van der Waals surface area contributed by atoms with E-state index in [9.17, 15) is 4.79 Å². The number of urea groups is 1. The third-order valence-electron chi connectivity index (χ3n) is 6.57. The molecule has 2 aromatic rings. The van der Waals surface area contributed by atoms with Crippen LogP contribution in [-0.4, -0.2) is 66.6 Å². The van der Waals surface area contributed by atoms with Crippen molar-refractivity contribution in [3.8, 4) is 0 Å². The number of benzene rings is 1. The van der Waals surface area contributed by atoms with Gasteiger partial charge in [0.2, 0.25) is 0 Å². The Kier molecular flexibility index (Phi) is 6.97. The quantitative estimate of drug-likeness (QED) is 0.706. The van der Waals surface area contributed by atoms with Crippen molar-refractivity contribution in [3.05, 3.63) is 60.4 Å². The predicted octanol–water partition coefficient (Wildman–Crippen LogP) is 3.09. The fraction of sp³-hybridized carbons (Fsp3) is 0.500. The van der Waals surface area contributed by atoms with Gasteiger partial charge < -0.3 is 15.5 Å². The van der Waals surface area contributed by atoms with Crippen molar-refractivity contribution in [1.29, 1.82) is 0 Å². The lowest BCUT2D eigenvalue weighted by molar-refractivity contribution is -0.00803. The van der Waals surface area contributed by atoms with Crippen molar-refractivity contribution in [2.24, 2.45) is 11.8 Å². The van der Waals surface area contributed by atoms with Gasteiger partial charge in [-0.15, -0.1) is 0 Å². The summed E-state index contributed by atoms with van der Waals surface area (Å²) in [6.07, 6.45) is 5.34. The molecular formula is C24H33N5O. The van der Waals surface area contributed by atoms with Crippen LogP contribution in [0.25, 0.3) is 0 Å². The van der Waals surface area contributed by atoms with Crippen LogP contribution < -0.4 is 10.6 Å². The van der Waals surface area contributed by atoms with Crippen molar-refractivity contribution >= 4 is 11.7 Å². The molecule has 3 aliphatic rings. The molecule has 2 amide bonds. The van der Waals surface area contributed by atoms with E-state index in [4.69, 9.17) is 0 Å². The van der Waals surface area contributed by atoms with Crippen molar-refractivity contribution in [2.45, 2.75) is 25.3 Å². The van der Waals surface area contributed by atoms with Gasteiger partial charge in [-0.05, 0) is 62.5 Å². The van der Waals surface area contributed by atoms with Crippen LogP contribution in [-0.2, 0) is 6.42 Å². The number of amides is 2. The fourth-order valence-corrected chi connectivity index (χ4v) is 4.92. The first kappa shape index (κ1) is 20.8. The summed E-state index contributed by atoms with van der Waals surface area (Å²) in [5.41, 5.74) is 1.99. The molecule has 4 unspecified atom stereocenters. The highest BCUT2D eigenvalue weighted by Gasteiger charge is 2.40. The van der Waals surface area contributed by atoms with Crippen LogP contribution in [0.3, 0.4) is 0 Å². The number of hydrogen-bond acceptors (Lipinski definition) is 4. The van der Waals surface area contributed by atoms with Crippen molar-refractivity contribution in [2.75, 3.05) is 45.1 Å². The Morgan fingerprint density at radius 1 is 1.20 bits per heavy atom. The van der Waals surface area contributed by atoms with E-state index in [1.807, 2.05) is 42.6 Å². The van der Waals surface area contributed by atoms with Crippen LogP contribution in [0.1, 0.15) is 18.5 Å². The Bertz CT molecular complexity index is 800. The molecule has 0 radical (unpaired) electrons. The summed E-state index contributed by atoms with van der Waals surface area (Å²) in [6.45, 7) is 5.21. The standard InChI is InChI=1S/C24H33N5O/c1-28(13-11-21-7-5-6-12-25-21)17-20-18-29-14-10-19(20)15-23(29)16-26-24(30)27-22-8-3-2-4-9-22/h2-9,12,19-20,23H,10-11,13-18H2,1H3,(H2,26,27,30). The lowest BCUT2D eigenvalue weighted by Crippen LogP contribution is -2.58. The molecule has 1 aromatic heterocycles. The highest BCUT2D eigenvalue weighted by atomic mass is 16.2. The minimum absolute atomic E-state index is 0.116. The minimum atomic E-state index is -0.116. The van der Waals surface area contributed by atoms with E-state index in [-0.39, 0.29) is 6.03 Å². The smallest absolute Gasteiger partial charge is 0.319 e. The molecule has 4 atom stereocenters. The number of carbonyl (C=O) groups is 1. The van der Waals surface area contributed by atoms with Crippen LogP contribution in [0.2, 0.25) is 0 Å². The maximum Gasteiger partial charge on any atom is 0.319 e. The number of nitrogens with zero attached hydrogens (tertiary/aromatic N) is 3. The van der Waals surface area contributed by atoms with Crippen LogP contribution in [0.15, 0.2) is 54.7 Å². The molecule has 2 N–H and O–H groups in total. The second-order valence-corrected chi connectivity index (χ2v) is 8.73. The Morgan fingerprint density at radius 3 is 2.77 bits per heavy atom. The average molecular weight is 408 g/mol. The zero-order valence-corrected chi connectivity index (χ0v) is 17.8. The van der Waals surface area contributed by atoms with E-state index in [0.717, 1.165) is 62.4 Å². The molecule has 1 aromatic carbocycles. The molecule has 6 heteroatoms. The highest BCUT2D eigenvalue weighted by Crippen LogP contribution is 2.36. The number of piperidine rings is 3. The summed E-state index contributed by atoms with van der Waals surface area (Å²) in [5, 5.41) is 5.98. The maximum atomic E-state index is 12.2. The second-order valence-electron chi connectivity index (χ2n) is 8.73. The van der Waals surface area contributed by atoms with Gasteiger partial charge in [0, 0.05) is 56.2 Å². The first-order valence-corrected chi connectivity index (χ1v) is 11.1. The number of pyridine rings is 1. The Labute approximate surface area is 179 Å².